The Balaban J connectivity index is 0.000000322. The first-order valence-corrected chi connectivity index (χ1v) is 7.99. The highest BCUT2D eigenvalue weighted by Gasteiger charge is 2.30. The summed E-state index contributed by atoms with van der Waals surface area (Å²) in [7, 11) is 0. The van der Waals surface area contributed by atoms with Gasteiger partial charge in [-0.25, -0.2) is 0 Å². The van der Waals surface area contributed by atoms with Crippen molar-refractivity contribution in [3.05, 3.63) is 35.9 Å². The molecular formula is C18H30N2O3. The van der Waals surface area contributed by atoms with Gasteiger partial charge in [-0.1, -0.05) is 30.3 Å². The van der Waals surface area contributed by atoms with Gasteiger partial charge in [-0.3, -0.25) is 10.1 Å². The van der Waals surface area contributed by atoms with Crippen LogP contribution in [0.1, 0.15) is 40.2 Å². The number of ether oxygens (including phenoxy) is 2. The van der Waals surface area contributed by atoms with E-state index in [1.165, 1.54) is 5.56 Å². The van der Waals surface area contributed by atoms with Gasteiger partial charge in [-0.15, -0.1) is 0 Å². The van der Waals surface area contributed by atoms with Crippen LogP contribution in [0, 0.1) is 0 Å². The Morgan fingerprint density at radius 1 is 1.35 bits per heavy atom. The lowest BCUT2D eigenvalue weighted by Gasteiger charge is -2.18. The Morgan fingerprint density at radius 3 is 2.43 bits per heavy atom. The molecule has 0 spiro atoms. The number of hydrogen-bond donors (Lipinski definition) is 2. The van der Waals surface area contributed by atoms with Crippen LogP contribution in [-0.2, 0) is 20.8 Å². The number of carbonyl (C=O) groups is 1. The summed E-state index contributed by atoms with van der Waals surface area (Å²) in [6, 6.07) is 10.9. The molecule has 5 heteroatoms. The maximum absolute atomic E-state index is 9.60. The summed E-state index contributed by atoms with van der Waals surface area (Å²) in [5.74, 6) is 0. The molecule has 0 bridgehead atoms. The van der Waals surface area contributed by atoms with Crippen LogP contribution in [0.2, 0.25) is 0 Å². The van der Waals surface area contributed by atoms with Gasteiger partial charge in [-0.05, 0) is 40.2 Å². The first-order valence-electron chi connectivity index (χ1n) is 7.99. The van der Waals surface area contributed by atoms with Crippen molar-refractivity contribution in [2.45, 2.75) is 58.5 Å². The van der Waals surface area contributed by atoms with Crippen LogP contribution in [0.15, 0.2) is 30.3 Å². The number of carbonyl (C=O) groups excluding carboxylic acids is 1. The van der Waals surface area contributed by atoms with Crippen LogP contribution >= 0.6 is 0 Å². The molecule has 1 saturated heterocycles. The highest BCUT2D eigenvalue weighted by atomic mass is 16.5. The van der Waals surface area contributed by atoms with Crippen LogP contribution < -0.4 is 10.6 Å². The average molecular weight is 322 g/mol. The standard InChI is InChI=1S/C13H20N2O.C5H10O2/c1-13(2)15-12(10-16-13)9-14-8-11-6-4-3-5-7-11;1-5(2,3)7-4-6/h3-7,12,14-15H,8-10H2,1-2H3;4H,1-3H3. The van der Waals surface area contributed by atoms with Gasteiger partial charge < -0.3 is 14.8 Å². The molecule has 0 aliphatic carbocycles. The van der Waals surface area contributed by atoms with Gasteiger partial charge in [0.15, 0.2) is 0 Å². The Kier molecular flexibility index (Phi) is 7.68. The van der Waals surface area contributed by atoms with Crippen molar-refractivity contribution in [3.8, 4) is 0 Å². The van der Waals surface area contributed by atoms with Crippen LogP contribution in [0.4, 0.5) is 0 Å². The molecule has 0 radical (unpaired) electrons. The van der Waals surface area contributed by atoms with E-state index in [-0.39, 0.29) is 11.3 Å². The van der Waals surface area contributed by atoms with Crippen LogP contribution in [0.5, 0.6) is 0 Å². The van der Waals surface area contributed by atoms with Gasteiger partial charge in [0.25, 0.3) is 6.47 Å². The fourth-order valence-corrected chi connectivity index (χ4v) is 2.12. The number of rotatable bonds is 5. The van der Waals surface area contributed by atoms with Crippen LogP contribution in [0.25, 0.3) is 0 Å². The monoisotopic (exact) mass is 322 g/mol. The summed E-state index contributed by atoms with van der Waals surface area (Å²) < 4.78 is 10.2. The zero-order valence-corrected chi connectivity index (χ0v) is 14.9. The molecule has 1 aromatic carbocycles. The van der Waals surface area contributed by atoms with Crippen LogP contribution in [0.3, 0.4) is 0 Å². The largest absolute Gasteiger partial charge is 0.462 e. The Morgan fingerprint density at radius 2 is 2.00 bits per heavy atom. The van der Waals surface area contributed by atoms with Crippen molar-refractivity contribution in [2.24, 2.45) is 0 Å². The second-order valence-electron chi connectivity index (χ2n) is 7.11. The summed E-state index contributed by atoms with van der Waals surface area (Å²) in [6.07, 6.45) is 0. The molecule has 1 atom stereocenters. The number of hydrogen-bond acceptors (Lipinski definition) is 5. The molecule has 23 heavy (non-hydrogen) atoms. The normalized spacial score (nSPS) is 19.6. The van der Waals surface area contributed by atoms with Crippen molar-refractivity contribution in [3.63, 3.8) is 0 Å². The molecule has 130 valence electrons. The minimum atomic E-state index is -0.318. The van der Waals surface area contributed by atoms with E-state index >= 15 is 0 Å². The first-order chi connectivity index (χ1) is 10.7. The Bertz CT molecular complexity index is 455. The molecule has 2 N–H and O–H groups in total. The van der Waals surface area contributed by atoms with E-state index in [1.54, 1.807) is 0 Å². The van der Waals surface area contributed by atoms with Gasteiger partial charge in [0, 0.05) is 19.1 Å². The molecule has 0 amide bonds. The average Bonchev–Trinajstić information content (AvgIpc) is 2.79. The molecule has 1 aliphatic rings. The summed E-state index contributed by atoms with van der Waals surface area (Å²) >= 11 is 0. The predicted molar refractivity (Wildman–Crippen MR) is 92.0 cm³/mol. The van der Waals surface area contributed by atoms with Gasteiger partial charge in [0.2, 0.25) is 0 Å². The lowest BCUT2D eigenvalue weighted by atomic mass is 10.2. The number of benzene rings is 1. The summed E-state index contributed by atoms with van der Waals surface area (Å²) in [5, 5.41) is 6.87. The smallest absolute Gasteiger partial charge is 0.293 e. The van der Waals surface area contributed by atoms with Crippen molar-refractivity contribution in [1.29, 1.82) is 0 Å². The molecule has 1 heterocycles. The summed E-state index contributed by atoms with van der Waals surface area (Å²) in [5.41, 5.74) is 0.835. The Hall–Kier alpha value is -1.43. The highest BCUT2D eigenvalue weighted by Crippen LogP contribution is 2.13. The van der Waals surface area contributed by atoms with E-state index in [2.05, 4.69) is 53.5 Å². The first kappa shape index (κ1) is 19.6. The third kappa shape index (κ3) is 9.33. The maximum atomic E-state index is 9.60. The number of nitrogens with one attached hydrogen (secondary N) is 2. The molecule has 5 nitrogen and oxygen atoms in total. The SMILES string of the molecule is CC(C)(C)OC=O.CC1(C)NC(CNCc2ccccc2)CO1. The molecule has 1 fully saturated rings. The van der Waals surface area contributed by atoms with E-state index in [4.69, 9.17) is 4.74 Å². The molecular weight excluding hydrogens is 292 g/mol. The third-order valence-electron chi connectivity index (χ3n) is 3.16. The lowest BCUT2D eigenvalue weighted by Crippen LogP contribution is -2.43. The zero-order chi connectivity index (χ0) is 17.3. The van der Waals surface area contributed by atoms with Gasteiger partial charge in [0.1, 0.15) is 11.3 Å². The quantitative estimate of drug-likeness (QED) is 0.816. The highest BCUT2D eigenvalue weighted by molar-refractivity contribution is 5.37. The van der Waals surface area contributed by atoms with Crippen LogP contribution in [-0.4, -0.2) is 37.0 Å². The molecule has 1 aliphatic heterocycles. The minimum absolute atomic E-state index is 0.168. The van der Waals surface area contributed by atoms with E-state index in [0.717, 1.165) is 19.7 Å². The second kappa shape index (κ2) is 9.01. The maximum Gasteiger partial charge on any atom is 0.293 e. The van der Waals surface area contributed by atoms with E-state index in [0.29, 0.717) is 12.5 Å². The van der Waals surface area contributed by atoms with Crippen molar-refractivity contribution in [2.75, 3.05) is 13.2 Å². The second-order valence-corrected chi connectivity index (χ2v) is 7.11. The molecule has 0 aromatic heterocycles. The lowest BCUT2D eigenvalue weighted by molar-refractivity contribution is -0.138. The van der Waals surface area contributed by atoms with Crippen molar-refractivity contribution in [1.82, 2.24) is 10.6 Å². The van der Waals surface area contributed by atoms with Gasteiger partial charge in [0.05, 0.1) is 6.61 Å². The minimum Gasteiger partial charge on any atom is -0.462 e. The van der Waals surface area contributed by atoms with Gasteiger partial charge >= 0.3 is 0 Å². The molecule has 2 rings (SSSR count). The van der Waals surface area contributed by atoms with E-state index < -0.39 is 0 Å². The van der Waals surface area contributed by atoms with Crippen molar-refractivity contribution >= 4 is 6.47 Å². The third-order valence-corrected chi connectivity index (χ3v) is 3.16. The molecule has 1 unspecified atom stereocenters. The fraction of sp³-hybridized carbons (Fsp3) is 0.611. The van der Waals surface area contributed by atoms with Crippen molar-refractivity contribution < 1.29 is 14.3 Å². The Labute approximate surface area is 139 Å². The predicted octanol–water partition coefficient (Wildman–Crippen LogP) is 2.46. The summed E-state index contributed by atoms with van der Waals surface area (Å²) in [6.45, 7) is 12.7. The topological polar surface area (TPSA) is 59.6 Å². The van der Waals surface area contributed by atoms with E-state index in [9.17, 15) is 4.79 Å². The fourth-order valence-electron chi connectivity index (χ4n) is 2.12. The molecule has 0 saturated carbocycles. The zero-order valence-electron chi connectivity index (χ0n) is 14.9. The van der Waals surface area contributed by atoms with Gasteiger partial charge in [-0.2, -0.15) is 0 Å². The molecule has 1 aromatic rings. The van der Waals surface area contributed by atoms with E-state index in [1.807, 2.05) is 26.8 Å². The summed E-state index contributed by atoms with van der Waals surface area (Å²) in [4.78, 5) is 9.60.